The van der Waals surface area contributed by atoms with Gasteiger partial charge in [-0.05, 0) is 30.6 Å². The second-order valence-electron chi connectivity index (χ2n) is 4.08. The SMILES string of the molecule is CCC(=O)OC[C@@H]1C[C@@H]2C=C[C@H]1C2. The van der Waals surface area contributed by atoms with Gasteiger partial charge < -0.3 is 4.74 Å². The van der Waals surface area contributed by atoms with Gasteiger partial charge >= 0.3 is 5.97 Å². The zero-order chi connectivity index (χ0) is 9.26. The number of allylic oxidation sites excluding steroid dienone is 2. The maximum Gasteiger partial charge on any atom is 0.305 e. The predicted octanol–water partition coefficient (Wildman–Crippen LogP) is 2.15. The Labute approximate surface area is 79.0 Å². The summed E-state index contributed by atoms with van der Waals surface area (Å²) in [6.07, 6.45) is 7.60. The maximum atomic E-state index is 10.9. The summed E-state index contributed by atoms with van der Waals surface area (Å²) in [6, 6.07) is 0. The highest BCUT2D eigenvalue weighted by atomic mass is 16.5. The molecule has 13 heavy (non-hydrogen) atoms. The molecule has 1 fully saturated rings. The maximum absolute atomic E-state index is 10.9. The van der Waals surface area contributed by atoms with Gasteiger partial charge in [0.25, 0.3) is 0 Å². The molecule has 0 aromatic heterocycles. The molecule has 2 bridgehead atoms. The Hall–Kier alpha value is -0.790. The summed E-state index contributed by atoms with van der Waals surface area (Å²) >= 11 is 0. The number of hydrogen-bond donors (Lipinski definition) is 0. The van der Waals surface area contributed by atoms with E-state index in [0.717, 1.165) is 5.92 Å². The molecular weight excluding hydrogens is 164 g/mol. The van der Waals surface area contributed by atoms with E-state index in [9.17, 15) is 4.79 Å². The van der Waals surface area contributed by atoms with E-state index in [4.69, 9.17) is 4.74 Å². The quantitative estimate of drug-likeness (QED) is 0.491. The van der Waals surface area contributed by atoms with Gasteiger partial charge in [0.05, 0.1) is 6.61 Å². The Kier molecular flexibility index (Phi) is 2.38. The lowest BCUT2D eigenvalue weighted by atomic mass is 9.95. The van der Waals surface area contributed by atoms with Crippen molar-refractivity contribution in [1.29, 1.82) is 0 Å². The van der Waals surface area contributed by atoms with Crippen LogP contribution in [-0.2, 0) is 9.53 Å². The van der Waals surface area contributed by atoms with Gasteiger partial charge in [0.15, 0.2) is 0 Å². The van der Waals surface area contributed by atoms with Crippen molar-refractivity contribution in [2.24, 2.45) is 17.8 Å². The minimum absolute atomic E-state index is 0.0632. The van der Waals surface area contributed by atoms with Crippen molar-refractivity contribution in [3.05, 3.63) is 12.2 Å². The third-order valence-electron chi connectivity index (χ3n) is 3.16. The summed E-state index contributed by atoms with van der Waals surface area (Å²) < 4.78 is 5.15. The third kappa shape index (κ3) is 1.77. The minimum atomic E-state index is -0.0632. The Bertz CT molecular complexity index is 232. The van der Waals surface area contributed by atoms with Crippen LogP contribution in [0.25, 0.3) is 0 Å². The lowest BCUT2D eigenvalue weighted by Gasteiger charge is -2.17. The summed E-state index contributed by atoms with van der Waals surface area (Å²) in [4.78, 5) is 10.9. The zero-order valence-corrected chi connectivity index (χ0v) is 8.03. The fraction of sp³-hybridized carbons (Fsp3) is 0.727. The highest BCUT2D eigenvalue weighted by Gasteiger charge is 2.35. The summed E-state index contributed by atoms with van der Waals surface area (Å²) in [5.41, 5.74) is 0. The summed E-state index contributed by atoms with van der Waals surface area (Å²) in [6.45, 7) is 2.47. The van der Waals surface area contributed by atoms with E-state index < -0.39 is 0 Å². The highest BCUT2D eigenvalue weighted by Crippen LogP contribution is 2.43. The van der Waals surface area contributed by atoms with Crippen LogP contribution in [0.5, 0.6) is 0 Å². The first-order valence-corrected chi connectivity index (χ1v) is 5.13. The van der Waals surface area contributed by atoms with Gasteiger partial charge in [0, 0.05) is 6.42 Å². The fourth-order valence-corrected chi connectivity index (χ4v) is 2.39. The van der Waals surface area contributed by atoms with E-state index in [2.05, 4.69) is 12.2 Å². The molecular formula is C11H16O2. The smallest absolute Gasteiger partial charge is 0.305 e. The van der Waals surface area contributed by atoms with E-state index in [1.54, 1.807) is 0 Å². The molecule has 0 heterocycles. The largest absolute Gasteiger partial charge is 0.465 e. The molecule has 1 saturated carbocycles. The molecule has 72 valence electrons. The monoisotopic (exact) mass is 180 g/mol. The van der Waals surface area contributed by atoms with Gasteiger partial charge in [-0.1, -0.05) is 19.1 Å². The van der Waals surface area contributed by atoms with Crippen LogP contribution in [-0.4, -0.2) is 12.6 Å². The summed E-state index contributed by atoms with van der Waals surface area (Å²) in [5, 5.41) is 0. The van der Waals surface area contributed by atoms with Crippen molar-refractivity contribution in [3.63, 3.8) is 0 Å². The van der Waals surface area contributed by atoms with Crippen molar-refractivity contribution in [2.75, 3.05) is 6.61 Å². The lowest BCUT2D eigenvalue weighted by Crippen LogP contribution is -2.17. The van der Waals surface area contributed by atoms with Crippen LogP contribution in [0.15, 0.2) is 12.2 Å². The molecule has 0 unspecified atom stereocenters. The van der Waals surface area contributed by atoms with Crippen molar-refractivity contribution >= 4 is 5.97 Å². The molecule has 0 N–H and O–H groups in total. The molecule has 0 saturated heterocycles. The lowest BCUT2D eigenvalue weighted by molar-refractivity contribution is -0.144. The minimum Gasteiger partial charge on any atom is -0.465 e. The number of hydrogen-bond acceptors (Lipinski definition) is 2. The standard InChI is InChI=1S/C11H16O2/c1-2-11(12)13-7-10-6-8-3-4-9(10)5-8/h3-4,8-10H,2,5-7H2,1H3/t8-,9+,10+/m1/s1. The molecule has 3 atom stereocenters. The summed E-state index contributed by atoms with van der Waals surface area (Å²) in [7, 11) is 0. The van der Waals surface area contributed by atoms with Gasteiger partial charge in [-0.15, -0.1) is 0 Å². The van der Waals surface area contributed by atoms with Crippen molar-refractivity contribution in [1.82, 2.24) is 0 Å². The topological polar surface area (TPSA) is 26.3 Å². The van der Waals surface area contributed by atoms with Crippen molar-refractivity contribution < 1.29 is 9.53 Å². The molecule has 2 rings (SSSR count). The average molecular weight is 180 g/mol. The van der Waals surface area contributed by atoms with Crippen LogP contribution < -0.4 is 0 Å². The van der Waals surface area contributed by atoms with Gasteiger partial charge in [0.1, 0.15) is 0 Å². The number of carbonyl (C=O) groups excluding carboxylic acids is 1. The molecule has 2 heteroatoms. The second-order valence-corrected chi connectivity index (χ2v) is 4.08. The van der Waals surface area contributed by atoms with Gasteiger partial charge in [0.2, 0.25) is 0 Å². The molecule has 0 aromatic rings. The van der Waals surface area contributed by atoms with E-state index in [-0.39, 0.29) is 5.97 Å². The van der Waals surface area contributed by atoms with Crippen LogP contribution in [0.2, 0.25) is 0 Å². The van der Waals surface area contributed by atoms with Crippen LogP contribution in [0.3, 0.4) is 0 Å². The van der Waals surface area contributed by atoms with Gasteiger partial charge in [-0.2, -0.15) is 0 Å². The zero-order valence-electron chi connectivity index (χ0n) is 8.03. The molecule has 0 amide bonds. The van der Waals surface area contributed by atoms with E-state index in [1.165, 1.54) is 12.8 Å². The van der Waals surface area contributed by atoms with Crippen LogP contribution in [0.1, 0.15) is 26.2 Å². The average Bonchev–Trinajstić information content (AvgIpc) is 2.74. The predicted molar refractivity (Wildman–Crippen MR) is 50.1 cm³/mol. The second kappa shape index (κ2) is 3.52. The Balaban J connectivity index is 1.78. The molecule has 2 nitrogen and oxygen atoms in total. The number of esters is 1. The number of fused-ring (bicyclic) bond motifs is 2. The molecule has 0 aromatic carbocycles. The van der Waals surface area contributed by atoms with Gasteiger partial charge in [-0.3, -0.25) is 4.79 Å². The molecule has 2 aliphatic carbocycles. The van der Waals surface area contributed by atoms with Crippen LogP contribution >= 0.6 is 0 Å². The number of ether oxygens (including phenoxy) is 1. The van der Waals surface area contributed by atoms with Crippen LogP contribution in [0.4, 0.5) is 0 Å². The van der Waals surface area contributed by atoms with E-state index in [1.807, 2.05) is 6.92 Å². The van der Waals surface area contributed by atoms with E-state index in [0.29, 0.717) is 24.9 Å². The molecule has 0 radical (unpaired) electrons. The molecule has 0 aliphatic heterocycles. The number of rotatable bonds is 3. The first-order valence-electron chi connectivity index (χ1n) is 5.13. The first kappa shape index (κ1) is 8.79. The molecule has 2 aliphatic rings. The number of carbonyl (C=O) groups is 1. The van der Waals surface area contributed by atoms with Gasteiger partial charge in [-0.25, -0.2) is 0 Å². The Morgan fingerprint density at radius 2 is 2.31 bits per heavy atom. The highest BCUT2D eigenvalue weighted by molar-refractivity contribution is 5.68. The van der Waals surface area contributed by atoms with Crippen molar-refractivity contribution in [2.45, 2.75) is 26.2 Å². The van der Waals surface area contributed by atoms with Crippen molar-refractivity contribution in [3.8, 4) is 0 Å². The summed E-state index contributed by atoms with van der Waals surface area (Å²) in [5.74, 6) is 2.00. The first-order chi connectivity index (χ1) is 6.29. The molecule has 0 spiro atoms. The third-order valence-corrected chi connectivity index (χ3v) is 3.16. The fourth-order valence-electron chi connectivity index (χ4n) is 2.39. The normalized spacial score (nSPS) is 35.3. The Morgan fingerprint density at radius 3 is 2.85 bits per heavy atom. The van der Waals surface area contributed by atoms with E-state index >= 15 is 0 Å². The Morgan fingerprint density at radius 1 is 1.46 bits per heavy atom. The van der Waals surface area contributed by atoms with Crippen LogP contribution in [0, 0.1) is 17.8 Å².